The zero-order valence-electron chi connectivity index (χ0n) is 10.1. The first-order chi connectivity index (χ1) is 8.29. The van der Waals surface area contributed by atoms with Crippen LogP contribution in [0.1, 0.15) is 12.0 Å². The maximum Gasteiger partial charge on any atom is 0.246 e. The van der Waals surface area contributed by atoms with Crippen molar-refractivity contribution >= 4 is 12.0 Å². The molecule has 0 saturated carbocycles. The number of amides is 1. The molecule has 1 amide bonds. The lowest BCUT2D eigenvalue weighted by molar-refractivity contribution is -0.125. The van der Waals surface area contributed by atoms with Gasteiger partial charge in [-0.1, -0.05) is 30.3 Å². The average Bonchev–Trinajstić information content (AvgIpc) is 2.86. The molecular weight excluding hydrogens is 212 g/mol. The zero-order chi connectivity index (χ0) is 12.1. The van der Waals surface area contributed by atoms with Crippen molar-refractivity contribution in [1.29, 1.82) is 0 Å². The van der Waals surface area contributed by atoms with E-state index in [0.717, 1.165) is 25.1 Å². The van der Waals surface area contributed by atoms with Crippen LogP contribution >= 0.6 is 0 Å². The highest BCUT2D eigenvalue weighted by atomic mass is 16.2. The van der Waals surface area contributed by atoms with Crippen LogP contribution in [-0.4, -0.2) is 37.0 Å². The molecule has 3 heteroatoms. The van der Waals surface area contributed by atoms with Crippen LogP contribution in [0.5, 0.6) is 0 Å². The van der Waals surface area contributed by atoms with Gasteiger partial charge in [-0.3, -0.25) is 4.79 Å². The van der Waals surface area contributed by atoms with Crippen molar-refractivity contribution < 1.29 is 4.79 Å². The Morgan fingerprint density at radius 3 is 2.82 bits per heavy atom. The van der Waals surface area contributed by atoms with Gasteiger partial charge in [-0.15, -0.1) is 0 Å². The van der Waals surface area contributed by atoms with Crippen molar-refractivity contribution in [3.8, 4) is 0 Å². The minimum atomic E-state index is 0.103. The van der Waals surface area contributed by atoms with E-state index in [4.69, 9.17) is 0 Å². The fraction of sp³-hybridized carbons (Fsp3) is 0.357. The molecule has 2 rings (SSSR count). The summed E-state index contributed by atoms with van der Waals surface area (Å²) in [5.74, 6) is 0.103. The number of hydrogen-bond acceptors (Lipinski definition) is 2. The molecule has 0 aromatic heterocycles. The van der Waals surface area contributed by atoms with Crippen LogP contribution < -0.4 is 5.32 Å². The molecule has 1 unspecified atom stereocenters. The van der Waals surface area contributed by atoms with Gasteiger partial charge in [-0.05, 0) is 25.1 Å². The topological polar surface area (TPSA) is 32.3 Å². The maximum absolute atomic E-state index is 11.9. The molecule has 3 nitrogen and oxygen atoms in total. The van der Waals surface area contributed by atoms with E-state index in [1.54, 1.807) is 6.08 Å². The summed E-state index contributed by atoms with van der Waals surface area (Å²) in [6, 6.07) is 10.3. The molecule has 0 aliphatic carbocycles. The lowest BCUT2D eigenvalue weighted by atomic mass is 10.2. The molecule has 1 N–H and O–H groups in total. The number of carbonyl (C=O) groups is 1. The molecule has 1 heterocycles. The Labute approximate surface area is 102 Å². The Bertz CT molecular complexity index is 400. The van der Waals surface area contributed by atoms with E-state index in [9.17, 15) is 4.79 Å². The lowest BCUT2D eigenvalue weighted by Crippen LogP contribution is -2.32. The fourth-order valence-corrected chi connectivity index (χ4v) is 2.03. The molecule has 90 valence electrons. The van der Waals surface area contributed by atoms with Crippen molar-refractivity contribution in [1.82, 2.24) is 10.2 Å². The lowest BCUT2D eigenvalue weighted by Gasteiger charge is -2.13. The van der Waals surface area contributed by atoms with Gasteiger partial charge in [0.05, 0.1) is 0 Å². The number of carbonyl (C=O) groups excluding carboxylic acids is 1. The largest absolute Gasteiger partial charge is 0.338 e. The first-order valence-corrected chi connectivity index (χ1v) is 5.99. The second-order valence-electron chi connectivity index (χ2n) is 4.30. The highest BCUT2D eigenvalue weighted by Gasteiger charge is 2.23. The van der Waals surface area contributed by atoms with Crippen LogP contribution in [0.25, 0.3) is 6.08 Å². The van der Waals surface area contributed by atoms with Gasteiger partial charge in [-0.25, -0.2) is 0 Å². The Morgan fingerprint density at radius 2 is 2.18 bits per heavy atom. The molecule has 1 atom stereocenters. The summed E-state index contributed by atoms with van der Waals surface area (Å²) in [5.41, 5.74) is 1.06. The standard InChI is InChI=1S/C14H18N2O/c1-15-13-9-10-16(11-13)14(17)8-7-12-5-3-2-4-6-12/h2-8,13,15H,9-11H2,1H3/b8-7+. The van der Waals surface area contributed by atoms with E-state index in [1.807, 2.05) is 48.4 Å². The predicted octanol–water partition coefficient (Wildman–Crippen LogP) is 1.52. The Hall–Kier alpha value is -1.61. The maximum atomic E-state index is 11.9. The van der Waals surface area contributed by atoms with Crippen LogP contribution in [0.15, 0.2) is 36.4 Å². The highest BCUT2D eigenvalue weighted by molar-refractivity contribution is 5.92. The highest BCUT2D eigenvalue weighted by Crippen LogP contribution is 2.10. The van der Waals surface area contributed by atoms with Crippen LogP contribution in [-0.2, 0) is 4.79 Å². The van der Waals surface area contributed by atoms with Crippen molar-refractivity contribution in [2.24, 2.45) is 0 Å². The van der Waals surface area contributed by atoms with Gasteiger partial charge < -0.3 is 10.2 Å². The third-order valence-corrected chi connectivity index (χ3v) is 3.13. The van der Waals surface area contributed by atoms with E-state index >= 15 is 0 Å². The van der Waals surface area contributed by atoms with Gasteiger partial charge >= 0.3 is 0 Å². The number of nitrogens with zero attached hydrogens (tertiary/aromatic N) is 1. The molecule has 1 aromatic rings. The van der Waals surface area contributed by atoms with Gasteiger partial charge in [0.15, 0.2) is 0 Å². The molecule has 1 aromatic carbocycles. The molecule has 1 aliphatic rings. The summed E-state index contributed by atoms with van der Waals surface area (Å²) in [6.45, 7) is 1.66. The Morgan fingerprint density at radius 1 is 1.41 bits per heavy atom. The summed E-state index contributed by atoms with van der Waals surface area (Å²) in [5, 5.41) is 3.20. The van der Waals surface area contributed by atoms with E-state index < -0.39 is 0 Å². The average molecular weight is 230 g/mol. The second kappa shape index (κ2) is 5.64. The monoisotopic (exact) mass is 230 g/mol. The molecular formula is C14H18N2O. The second-order valence-corrected chi connectivity index (χ2v) is 4.30. The Balaban J connectivity index is 1.92. The van der Waals surface area contributed by atoms with Crippen LogP contribution in [0.2, 0.25) is 0 Å². The first kappa shape index (κ1) is 11.9. The summed E-state index contributed by atoms with van der Waals surface area (Å²) in [6.07, 6.45) is 4.57. The van der Waals surface area contributed by atoms with E-state index in [-0.39, 0.29) is 5.91 Å². The normalized spacial score (nSPS) is 20.1. The molecule has 0 spiro atoms. The summed E-state index contributed by atoms with van der Waals surface area (Å²) < 4.78 is 0. The van der Waals surface area contributed by atoms with Gasteiger partial charge in [0, 0.05) is 25.2 Å². The fourth-order valence-electron chi connectivity index (χ4n) is 2.03. The number of rotatable bonds is 3. The summed E-state index contributed by atoms with van der Waals surface area (Å²) >= 11 is 0. The molecule has 0 bridgehead atoms. The SMILES string of the molecule is CNC1CCN(C(=O)/C=C/c2ccccc2)C1. The molecule has 17 heavy (non-hydrogen) atoms. The molecule has 1 fully saturated rings. The smallest absolute Gasteiger partial charge is 0.246 e. The molecule has 1 saturated heterocycles. The first-order valence-electron chi connectivity index (χ1n) is 5.99. The van der Waals surface area contributed by atoms with Gasteiger partial charge in [0.1, 0.15) is 0 Å². The van der Waals surface area contributed by atoms with Gasteiger partial charge in [0.25, 0.3) is 0 Å². The van der Waals surface area contributed by atoms with Crippen molar-refractivity contribution in [3.63, 3.8) is 0 Å². The molecule has 1 aliphatic heterocycles. The quantitative estimate of drug-likeness (QED) is 0.798. The van der Waals surface area contributed by atoms with Crippen molar-refractivity contribution in [2.75, 3.05) is 20.1 Å². The van der Waals surface area contributed by atoms with Crippen LogP contribution in [0.3, 0.4) is 0 Å². The molecule has 0 radical (unpaired) electrons. The third-order valence-electron chi connectivity index (χ3n) is 3.13. The van der Waals surface area contributed by atoms with Crippen LogP contribution in [0, 0.1) is 0 Å². The van der Waals surface area contributed by atoms with Gasteiger partial charge in [0.2, 0.25) is 5.91 Å². The number of nitrogens with one attached hydrogen (secondary N) is 1. The minimum Gasteiger partial charge on any atom is -0.338 e. The zero-order valence-corrected chi connectivity index (χ0v) is 10.1. The van der Waals surface area contributed by atoms with Crippen molar-refractivity contribution in [2.45, 2.75) is 12.5 Å². The van der Waals surface area contributed by atoms with Gasteiger partial charge in [-0.2, -0.15) is 0 Å². The number of benzene rings is 1. The Kier molecular flexibility index (Phi) is 3.94. The predicted molar refractivity (Wildman–Crippen MR) is 69.5 cm³/mol. The number of hydrogen-bond donors (Lipinski definition) is 1. The summed E-state index contributed by atoms with van der Waals surface area (Å²) in [7, 11) is 1.94. The van der Waals surface area contributed by atoms with E-state index in [1.165, 1.54) is 0 Å². The minimum absolute atomic E-state index is 0.103. The number of likely N-dealkylation sites (N-methyl/N-ethyl adjacent to an activating group) is 1. The third kappa shape index (κ3) is 3.17. The van der Waals surface area contributed by atoms with E-state index in [0.29, 0.717) is 6.04 Å². The number of likely N-dealkylation sites (tertiary alicyclic amines) is 1. The van der Waals surface area contributed by atoms with Crippen LogP contribution in [0.4, 0.5) is 0 Å². The van der Waals surface area contributed by atoms with Crippen molar-refractivity contribution in [3.05, 3.63) is 42.0 Å². The summed E-state index contributed by atoms with van der Waals surface area (Å²) in [4.78, 5) is 13.8. The van der Waals surface area contributed by atoms with E-state index in [2.05, 4.69) is 5.32 Å².